The molecule has 0 aliphatic rings. The summed E-state index contributed by atoms with van der Waals surface area (Å²) in [4.78, 5) is 11.8. The Labute approximate surface area is 187 Å². The largest absolute Gasteiger partial charge is 0.507 e. The number of phenolic OH excluding ortho intramolecular Hbond substituents is 1. The summed E-state index contributed by atoms with van der Waals surface area (Å²) in [5.74, 6) is 0.164. The second-order valence-corrected chi connectivity index (χ2v) is 9.09. The number of hydrogen-bond acceptors (Lipinski definition) is 6. The van der Waals surface area contributed by atoms with Crippen LogP contribution in [0.2, 0.25) is 0 Å². The van der Waals surface area contributed by atoms with E-state index in [1.54, 1.807) is 36.4 Å². The highest BCUT2D eigenvalue weighted by Crippen LogP contribution is 2.33. The van der Waals surface area contributed by atoms with Crippen molar-refractivity contribution in [1.29, 1.82) is 0 Å². The first-order chi connectivity index (χ1) is 15.2. The first-order valence-electron chi connectivity index (χ1n) is 10.2. The van der Waals surface area contributed by atoms with E-state index < -0.39 is 10.0 Å². The van der Waals surface area contributed by atoms with E-state index in [0.29, 0.717) is 34.7 Å². The third kappa shape index (κ3) is 5.39. The summed E-state index contributed by atoms with van der Waals surface area (Å²) in [6.07, 6.45) is 1.30. The Bertz CT molecular complexity index is 1240. The van der Waals surface area contributed by atoms with Crippen molar-refractivity contribution in [3.05, 3.63) is 77.4 Å². The molecule has 8 heteroatoms. The van der Waals surface area contributed by atoms with Crippen LogP contribution in [-0.4, -0.2) is 19.3 Å². The number of nitrogen functional groups attached to an aromatic ring is 1. The first kappa shape index (κ1) is 23.1. The Morgan fingerprint density at radius 2 is 1.84 bits per heavy atom. The third-order valence-electron chi connectivity index (χ3n) is 4.86. The number of ketones is 1. The normalized spacial score (nSPS) is 11.2. The van der Waals surface area contributed by atoms with E-state index in [0.717, 1.165) is 6.42 Å². The topological polar surface area (TPSA) is 119 Å². The highest BCUT2D eigenvalue weighted by atomic mass is 32.2. The van der Waals surface area contributed by atoms with Crippen LogP contribution in [0.4, 0.5) is 11.4 Å². The second-order valence-electron chi connectivity index (χ2n) is 7.41. The predicted octanol–water partition coefficient (Wildman–Crippen LogP) is 4.51. The molecule has 0 atom stereocenters. The molecular formula is C24H26N2O5S. The maximum absolute atomic E-state index is 12.8. The second kappa shape index (κ2) is 9.74. The van der Waals surface area contributed by atoms with Gasteiger partial charge in [-0.2, -0.15) is 0 Å². The molecule has 0 bridgehead atoms. The lowest BCUT2D eigenvalue weighted by Gasteiger charge is -2.15. The molecule has 3 aromatic carbocycles. The maximum atomic E-state index is 12.8. The van der Waals surface area contributed by atoms with Gasteiger partial charge in [0.2, 0.25) is 0 Å². The van der Waals surface area contributed by atoms with Gasteiger partial charge in [0.15, 0.2) is 5.78 Å². The van der Waals surface area contributed by atoms with Crippen molar-refractivity contribution < 1.29 is 23.1 Å². The van der Waals surface area contributed by atoms with Gasteiger partial charge >= 0.3 is 0 Å². The van der Waals surface area contributed by atoms with Crippen LogP contribution in [0.25, 0.3) is 0 Å². The number of anilines is 2. The zero-order valence-corrected chi connectivity index (χ0v) is 18.8. The predicted molar refractivity (Wildman–Crippen MR) is 125 cm³/mol. The highest BCUT2D eigenvalue weighted by molar-refractivity contribution is 7.92. The fourth-order valence-corrected chi connectivity index (χ4v) is 4.43. The summed E-state index contributed by atoms with van der Waals surface area (Å²) in [6, 6.07) is 16.1. The lowest BCUT2D eigenvalue weighted by Crippen LogP contribution is -2.13. The van der Waals surface area contributed by atoms with Crippen LogP contribution in [0.15, 0.2) is 65.6 Å². The van der Waals surface area contributed by atoms with Gasteiger partial charge in [0, 0.05) is 11.3 Å². The molecule has 0 radical (unpaired) electrons. The van der Waals surface area contributed by atoms with E-state index in [2.05, 4.69) is 4.72 Å². The van der Waals surface area contributed by atoms with Gasteiger partial charge in [-0.1, -0.05) is 31.5 Å². The van der Waals surface area contributed by atoms with E-state index in [1.807, 2.05) is 6.92 Å². The molecule has 0 heterocycles. The molecular weight excluding hydrogens is 428 g/mol. The van der Waals surface area contributed by atoms with E-state index in [9.17, 15) is 18.3 Å². The quantitative estimate of drug-likeness (QED) is 0.323. The minimum absolute atomic E-state index is 0.0699. The minimum Gasteiger partial charge on any atom is -0.507 e. The third-order valence-corrected chi connectivity index (χ3v) is 6.24. The molecule has 0 fully saturated rings. The summed E-state index contributed by atoms with van der Waals surface area (Å²) in [5.41, 5.74) is 7.99. The summed E-state index contributed by atoms with van der Waals surface area (Å²) in [5, 5.41) is 10.5. The molecule has 0 unspecified atom stereocenters. The average Bonchev–Trinajstić information content (AvgIpc) is 2.74. The Kier molecular flexibility index (Phi) is 7.05. The fourth-order valence-electron chi connectivity index (χ4n) is 3.31. The number of ether oxygens (including phenoxy) is 1. The van der Waals surface area contributed by atoms with Crippen LogP contribution in [0.3, 0.4) is 0 Å². The monoisotopic (exact) mass is 454 g/mol. The number of nitrogens with one attached hydrogen (secondary N) is 1. The summed E-state index contributed by atoms with van der Waals surface area (Å²) in [6.45, 7) is 3.46. The number of nitrogens with two attached hydrogens (primary N) is 1. The van der Waals surface area contributed by atoms with Crippen LogP contribution >= 0.6 is 0 Å². The van der Waals surface area contributed by atoms with Crippen LogP contribution in [0.5, 0.6) is 11.5 Å². The number of phenols is 1. The maximum Gasteiger partial charge on any atom is 0.261 e. The zero-order chi connectivity index (χ0) is 23.3. The fraction of sp³-hybridized carbons (Fsp3) is 0.208. The number of benzene rings is 3. The molecule has 168 valence electrons. The van der Waals surface area contributed by atoms with E-state index in [1.165, 1.54) is 31.2 Å². The van der Waals surface area contributed by atoms with Gasteiger partial charge in [0.05, 0.1) is 16.1 Å². The first-order valence-corrected chi connectivity index (χ1v) is 11.7. The Morgan fingerprint density at radius 3 is 2.53 bits per heavy atom. The van der Waals surface area contributed by atoms with Gasteiger partial charge in [0.1, 0.15) is 18.1 Å². The summed E-state index contributed by atoms with van der Waals surface area (Å²) >= 11 is 0. The molecule has 0 aromatic heterocycles. The number of aromatic hydroxyl groups is 1. The standard InChI is InChI=1S/C24H26N2O5S/c1-3-6-22-23(12-11-21(16(2)27)24(22)28)31-15-17-7-4-10-20(13-17)32(29,30)26-19-9-5-8-18(25)14-19/h4-5,7-14,26,28H,3,6,15,25H2,1-2H3. The number of carbonyl (C=O) groups is 1. The van der Waals surface area contributed by atoms with Gasteiger partial charge in [-0.3, -0.25) is 9.52 Å². The van der Waals surface area contributed by atoms with Crippen molar-refractivity contribution in [2.24, 2.45) is 0 Å². The van der Waals surface area contributed by atoms with Crippen LogP contribution in [0, 0.1) is 0 Å². The zero-order valence-electron chi connectivity index (χ0n) is 18.0. The van der Waals surface area contributed by atoms with E-state index in [-0.39, 0.29) is 28.6 Å². The molecule has 0 amide bonds. The Balaban J connectivity index is 1.81. The Hall–Kier alpha value is -3.52. The van der Waals surface area contributed by atoms with Crippen molar-refractivity contribution in [2.45, 2.75) is 38.2 Å². The number of rotatable bonds is 9. The summed E-state index contributed by atoms with van der Waals surface area (Å²) < 4.78 is 33.9. The number of carbonyl (C=O) groups excluding carboxylic acids is 1. The van der Waals surface area contributed by atoms with Crippen LogP contribution in [0.1, 0.15) is 41.8 Å². The van der Waals surface area contributed by atoms with Crippen molar-refractivity contribution in [1.82, 2.24) is 0 Å². The summed E-state index contributed by atoms with van der Waals surface area (Å²) in [7, 11) is -3.81. The van der Waals surface area contributed by atoms with Gasteiger partial charge in [-0.25, -0.2) is 8.42 Å². The number of sulfonamides is 1. The van der Waals surface area contributed by atoms with Crippen LogP contribution in [-0.2, 0) is 23.1 Å². The lowest BCUT2D eigenvalue weighted by molar-refractivity contribution is 0.101. The van der Waals surface area contributed by atoms with Crippen molar-refractivity contribution in [3.8, 4) is 11.5 Å². The molecule has 4 N–H and O–H groups in total. The van der Waals surface area contributed by atoms with Crippen molar-refractivity contribution in [2.75, 3.05) is 10.5 Å². The molecule has 3 aromatic rings. The molecule has 0 spiro atoms. The average molecular weight is 455 g/mol. The lowest BCUT2D eigenvalue weighted by atomic mass is 10.0. The van der Waals surface area contributed by atoms with Gasteiger partial charge in [-0.05, 0) is 61.4 Å². The molecule has 0 saturated heterocycles. The van der Waals surface area contributed by atoms with E-state index in [4.69, 9.17) is 10.5 Å². The molecule has 0 saturated carbocycles. The van der Waals surface area contributed by atoms with E-state index >= 15 is 0 Å². The molecule has 0 aliphatic heterocycles. The van der Waals surface area contributed by atoms with Gasteiger partial charge in [-0.15, -0.1) is 0 Å². The molecule has 0 aliphatic carbocycles. The number of hydrogen-bond donors (Lipinski definition) is 3. The van der Waals surface area contributed by atoms with Gasteiger partial charge in [0.25, 0.3) is 10.0 Å². The Morgan fingerprint density at radius 1 is 1.09 bits per heavy atom. The van der Waals surface area contributed by atoms with Crippen molar-refractivity contribution >= 4 is 27.2 Å². The minimum atomic E-state index is -3.81. The SMILES string of the molecule is CCCc1c(OCc2cccc(S(=O)(=O)Nc3cccc(N)c3)c2)ccc(C(C)=O)c1O. The molecule has 32 heavy (non-hydrogen) atoms. The van der Waals surface area contributed by atoms with Crippen LogP contribution < -0.4 is 15.2 Å². The molecule has 3 rings (SSSR count). The highest BCUT2D eigenvalue weighted by Gasteiger charge is 2.17. The van der Waals surface area contributed by atoms with Gasteiger partial charge < -0.3 is 15.6 Å². The molecule has 7 nitrogen and oxygen atoms in total. The number of Topliss-reactive ketones (excluding diaryl/α,β-unsaturated/α-hetero) is 1. The smallest absolute Gasteiger partial charge is 0.261 e. The van der Waals surface area contributed by atoms with Crippen molar-refractivity contribution in [3.63, 3.8) is 0 Å².